The molecule has 6 rings (SSSR count). The van der Waals surface area contributed by atoms with E-state index in [1.54, 1.807) is 39.0 Å². The molecule has 2 heterocycles. The second-order valence-electron chi connectivity index (χ2n) is 17.7. The first-order chi connectivity index (χ1) is 26.8. The topological polar surface area (TPSA) is 185 Å². The van der Waals surface area contributed by atoms with E-state index >= 15 is 0 Å². The molecule has 0 aromatic heterocycles. The van der Waals surface area contributed by atoms with Crippen molar-refractivity contribution in [3.05, 3.63) is 59.7 Å². The maximum atomic E-state index is 14.3. The number of hydrogen-bond donors (Lipinski definition) is 3. The fraction of sp³-hybridized carbons (Fsp3) is 0.659. The molecule has 0 unspecified atom stereocenters. The summed E-state index contributed by atoms with van der Waals surface area (Å²) in [5.41, 5.74) is -6.76. The van der Waals surface area contributed by atoms with Gasteiger partial charge in [0.25, 0.3) is 0 Å². The standard InChI is InChI=1S/C41H52F3NO13/c1-10-25-54-28-26-20(2)23(53-34(49)27(47)30(41(42,43)44)45-35(50)58-36(4,5)6)18-40(51,37(26,7)8)32(56-33(48)22-14-12-11-13-15-22)29-38(9,31(28)55-25)17-16-24-39(29,19-52-24)57-21(3)46/h10-15,23-25,27-32,47,51H,1,16-19H2,2-9H3,(H,45,50)/t23-,24+,25+,27+,28+,29-,30+,31+,32-,38+,39-,40+/m0/s1. The SMILES string of the molecule is C=C[C@@H]1O[C@@H]2C3=C(C)[C@@H](OC(=O)[C@H](O)[C@@H](NC(=O)OC(C)(C)C)C(F)(F)F)C[C@@](O)([C@@H](OC(=O)c4ccccc4)[C@H]4[C@@](C)(CC[C@H]5OC[C@]54OC(C)=O)[C@@H]2O1)C3(C)C. The van der Waals surface area contributed by atoms with Gasteiger partial charge in [-0.3, -0.25) is 4.79 Å². The van der Waals surface area contributed by atoms with Crippen molar-refractivity contribution in [1.82, 2.24) is 5.32 Å². The predicted octanol–water partition coefficient (Wildman–Crippen LogP) is 4.84. The third-order valence-electron chi connectivity index (χ3n) is 12.6. The largest absolute Gasteiger partial charge is 0.456 e. The smallest absolute Gasteiger partial charge is 0.411 e. The molecule has 58 heavy (non-hydrogen) atoms. The molecule has 5 aliphatic rings. The number of hydrogen-bond acceptors (Lipinski definition) is 13. The van der Waals surface area contributed by atoms with Crippen LogP contribution in [0.1, 0.15) is 85.0 Å². The fourth-order valence-corrected chi connectivity index (χ4v) is 9.87. The summed E-state index contributed by atoms with van der Waals surface area (Å²) in [6.45, 7) is 16.0. The highest BCUT2D eigenvalue weighted by Gasteiger charge is 2.77. The summed E-state index contributed by atoms with van der Waals surface area (Å²) < 4.78 is 85.3. The second-order valence-corrected chi connectivity index (χ2v) is 17.7. The number of aliphatic hydroxyl groups excluding tert-OH is 1. The van der Waals surface area contributed by atoms with Crippen molar-refractivity contribution in [2.75, 3.05) is 6.61 Å². The van der Waals surface area contributed by atoms with E-state index in [-0.39, 0.29) is 17.7 Å². The second kappa shape index (κ2) is 14.9. The minimum absolute atomic E-state index is 0.126. The fourth-order valence-electron chi connectivity index (χ4n) is 9.87. The average Bonchev–Trinajstić information content (AvgIpc) is 3.54. The quantitative estimate of drug-likeness (QED) is 0.184. The van der Waals surface area contributed by atoms with Gasteiger partial charge in [0.05, 0.1) is 24.2 Å². The van der Waals surface area contributed by atoms with Gasteiger partial charge in [0.2, 0.25) is 0 Å². The lowest BCUT2D eigenvalue weighted by Crippen LogP contribution is -2.79. The van der Waals surface area contributed by atoms with Crippen LogP contribution in [0.2, 0.25) is 0 Å². The van der Waals surface area contributed by atoms with Crippen molar-refractivity contribution in [2.24, 2.45) is 16.7 Å². The normalized spacial score (nSPS) is 36.2. The van der Waals surface area contributed by atoms with Crippen LogP contribution < -0.4 is 5.32 Å². The van der Waals surface area contributed by atoms with Crippen molar-refractivity contribution in [2.45, 2.75) is 147 Å². The van der Waals surface area contributed by atoms with E-state index in [1.807, 2.05) is 6.92 Å². The summed E-state index contributed by atoms with van der Waals surface area (Å²) >= 11 is 0. The molecule has 320 valence electrons. The predicted molar refractivity (Wildman–Crippen MR) is 196 cm³/mol. The summed E-state index contributed by atoms with van der Waals surface area (Å²) in [5.74, 6) is -4.37. The van der Waals surface area contributed by atoms with Crippen molar-refractivity contribution in [3.63, 3.8) is 0 Å². The van der Waals surface area contributed by atoms with E-state index in [0.29, 0.717) is 18.4 Å². The van der Waals surface area contributed by atoms with Gasteiger partial charge in [-0.05, 0) is 69.9 Å². The van der Waals surface area contributed by atoms with Crippen LogP contribution in [0.3, 0.4) is 0 Å². The van der Waals surface area contributed by atoms with Gasteiger partial charge in [0.1, 0.15) is 35.6 Å². The van der Waals surface area contributed by atoms with Gasteiger partial charge in [-0.2, -0.15) is 13.2 Å². The molecule has 1 aromatic carbocycles. The monoisotopic (exact) mass is 823 g/mol. The zero-order valence-corrected chi connectivity index (χ0v) is 33.7. The van der Waals surface area contributed by atoms with Gasteiger partial charge >= 0.3 is 30.2 Å². The van der Waals surface area contributed by atoms with Crippen LogP contribution in [-0.4, -0.2) is 113 Å². The Morgan fingerprint density at radius 1 is 1.05 bits per heavy atom. The number of esters is 3. The van der Waals surface area contributed by atoms with Crippen LogP contribution in [0, 0.1) is 16.7 Å². The minimum Gasteiger partial charge on any atom is -0.456 e. The Kier molecular flexibility index (Phi) is 11.2. The van der Waals surface area contributed by atoms with Crippen molar-refractivity contribution >= 4 is 24.0 Å². The van der Waals surface area contributed by atoms with Gasteiger partial charge in [-0.1, -0.05) is 45.5 Å². The Morgan fingerprint density at radius 3 is 2.26 bits per heavy atom. The third-order valence-corrected chi connectivity index (χ3v) is 12.6. The van der Waals surface area contributed by atoms with Gasteiger partial charge < -0.3 is 48.7 Å². The molecule has 2 aliphatic heterocycles. The van der Waals surface area contributed by atoms with Crippen molar-refractivity contribution in [3.8, 4) is 0 Å². The number of rotatable bonds is 8. The molecule has 0 radical (unpaired) electrons. The summed E-state index contributed by atoms with van der Waals surface area (Å²) in [7, 11) is 0. The first-order valence-electron chi connectivity index (χ1n) is 19.2. The van der Waals surface area contributed by atoms with Crippen LogP contribution >= 0.6 is 0 Å². The molecule has 2 saturated carbocycles. The Bertz CT molecular complexity index is 1850. The van der Waals surface area contributed by atoms with E-state index < -0.39 is 119 Å². The number of carbonyl (C=O) groups is 4. The van der Waals surface area contributed by atoms with Gasteiger partial charge in [-0.25, -0.2) is 14.4 Å². The van der Waals surface area contributed by atoms with Crippen LogP contribution in [-0.2, 0) is 42.7 Å². The number of carbonyl (C=O) groups excluding carboxylic acids is 4. The lowest BCUT2D eigenvalue weighted by Gasteiger charge is -2.68. The van der Waals surface area contributed by atoms with Gasteiger partial charge in [0.15, 0.2) is 24.0 Å². The van der Waals surface area contributed by atoms with Crippen molar-refractivity contribution < 1.29 is 75.7 Å². The molecule has 0 spiro atoms. The van der Waals surface area contributed by atoms with Crippen molar-refractivity contribution in [1.29, 1.82) is 0 Å². The molecular formula is C41H52F3NO13. The number of alkyl carbamates (subject to hydrolysis) is 1. The van der Waals surface area contributed by atoms with E-state index in [4.69, 9.17) is 33.2 Å². The summed E-state index contributed by atoms with van der Waals surface area (Å²) in [6, 6.07) is 4.82. The Balaban J connectivity index is 1.51. The number of alkyl halides is 3. The highest BCUT2D eigenvalue weighted by atomic mass is 19.4. The maximum Gasteiger partial charge on any atom is 0.411 e. The third kappa shape index (κ3) is 7.30. The molecule has 17 heteroatoms. The Morgan fingerprint density at radius 2 is 1.71 bits per heavy atom. The zero-order valence-electron chi connectivity index (χ0n) is 33.7. The van der Waals surface area contributed by atoms with Crippen LogP contribution in [0.4, 0.5) is 18.0 Å². The highest BCUT2D eigenvalue weighted by Crippen LogP contribution is 2.66. The molecular weight excluding hydrogens is 771 g/mol. The van der Waals surface area contributed by atoms with E-state index in [0.717, 1.165) is 0 Å². The van der Waals surface area contributed by atoms with Crippen LogP contribution in [0.5, 0.6) is 0 Å². The van der Waals surface area contributed by atoms with E-state index in [2.05, 4.69) is 6.58 Å². The molecule has 3 N–H and O–H groups in total. The Hall–Kier alpha value is -4.03. The van der Waals surface area contributed by atoms with Gasteiger partial charge in [0, 0.05) is 24.2 Å². The molecule has 2 bridgehead atoms. The summed E-state index contributed by atoms with van der Waals surface area (Å²) in [4.78, 5) is 53.2. The number of ether oxygens (including phenoxy) is 7. The first-order valence-corrected chi connectivity index (χ1v) is 19.2. The van der Waals surface area contributed by atoms with E-state index in [9.17, 15) is 42.6 Å². The summed E-state index contributed by atoms with van der Waals surface area (Å²) in [6.07, 6.45) is -15.1. The molecule has 4 fully saturated rings. The number of benzene rings is 1. The number of nitrogens with one attached hydrogen (secondary N) is 1. The lowest BCUT2D eigenvalue weighted by molar-refractivity contribution is -0.345. The molecule has 1 amide bonds. The number of aliphatic hydroxyl groups is 2. The first kappa shape index (κ1) is 43.5. The maximum absolute atomic E-state index is 14.3. The van der Waals surface area contributed by atoms with Crippen LogP contribution in [0.15, 0.2) is 54.1 Å². The Labute approximate surface area is 334 Å². The van der Waals surface area contributed by atoms with Crippen LogP contribution in [0.25, 0.3) is 0 Å². The zero-order chi connectivity index (χ0) is 43.0. The lowest BCUT2D eigenvalue weighted by atomic mass is 9.45. The summed E-state index contributed by atoms with van der Waals surface area (Å²) in [5, 5.41) is 26.0. The molecule has 1 aromatic rings. The molecule has 12 atom stereocenters. The highest BCUT2D eigenvalue weighted by molar-refractivity contribution is 5.89. The molecule has 14 nitrogen and oxygen atoms in total. The minimum atomic E-state index is -5.35. The number of halogens is 3. The number of fused-ring (bicyclic) bond motifs is 8. The average molecular weight is 824 g/mol. The molecule has 3 aliphatic carbocycles. The number of amides is 1. The molecule has 2 saturated heterocycles. The van der Waals surface area contributed by atoms with E-state index in [1.165, 1.54) is 51.2 Å². The van der Waals surface area contributed by atoms with Gasteiger partial charge in [-0.15, -0.1) is 0 Å².